The maximum absolute atomic E-state index is 14.7. The van der Waals surface area contributed by atoms with Gasteiger partial charge in [-0.2, -0.15) is 0 Å². The maximum atomic E-state index is 14.7. The topological polar surface area (TPSA) is 110 Å². The minimum atomic E-state index is -2.15. The summed E-state index contributed by atoms with van der Waals surface area (Å²) in [5, 5.41) is 14.6. The molecule has 3 aliphatic rings. The van der Waals surface area contributed by atoms with Crippen molar-refractivity contribution in [2.45, 2.75) is 50.5 Å². The number of para-hydroxylation sites is 1. The van der Waals surface area contributed by atoms with Gasteiger partial charge in [0.05, 0.1) is 18.2 Å². The third-order valence-corrected chi connectivity index (χ3v) is 9.15. The normalized spacial score (nSPS) is 25.8. The van der Waals surface area contributed by atoms with Crippen LogP contribution in [0.1, 0.15) is 42.9 Å². The summed E-state index contributed by atoms with van der Waals surface area (Å²) in [6, 6.07) is 24.5. The molecule has 5 unspecified atom stereocenters. The minimum Gasteiger partial charge on any atom is -0.626 e. The summed E-state index contributed by atoms with van der Waals surface area (Å²) in [5.41, 5.74) is 2.25. The predicted octanol–water partition coefficient (Wildman–Crippen LogP) is 5.46. The summed E-state index contributed by atoms with van der Waals surface area (Å²) in [7, 11) is 0. The van der Waals surface area contributed by atoms with Crippen molar-refractivity contribution < 1.29 is 45.1 Å². The van der Waals surface area contributed by atoms with E-state index >= 15 is 0 Å². The number of hydrogen-bond acceptors (Lipinski definition) is 6. The third-order valence-electron chi connectivity index (χ3n) is 9.15. The molecule has 230 valence electrons. The Kier molecular flexibility index (Phi) is 9.05. The molecule has 3 fully saturated rings. The number of nitrogens with zero attached hydrogens (tertiary/aromatic N) is 3. The number of esters is 1. The van der Waals surface area contributed by atoms with E-state index < -0.39 is 36.0 Å². The second-order valence-electron chi connectivity index (χ2n) is 11.4. The Morgan fingerprint density at radius 1 is 1.05 bits per heavy atom. The van der Waals surface area contributed by atoms with Gasteiger partial charge in [0.15, 0.2) is 12.2 Å². The van der Waals surface area contributed by atoms with E-state index in [0.717, 1.165) is 25.9 Å². The number of hydrogen-bond donors (Lipinski definition) is 1. The van der Waals surface area contributed by atoms with Crippen molar-refractivity contribution in [1.29, 1.82) is 0 Å². The van der Waals surface area contributed by atoms with E-state index in [4.69, 9.17) is 4.74 Å². The number of alkyl halides is 1. The molecule has 3 aromatic carbocycles. The molecule has 6 rings (SSSR count). The van der Waals surface area contributed by atoms with E-state index in [1.165, 1.54) is 5.56 Å². The van der Waals surface area contributed by atoms with Gasteiger partial charge in [-0.15, -0.1) is 5.69 Å². The molecule has 8 nitrogen and oxygen atoms in total. The van der Waals surface area contributed by atoms with Gasteiger partial charge in [0.2, 0.25) is 0 Å². The fourth-order valence-corrected chi connectivity index (χ4v) is 6.92. The van der Waals surface area contributed by atoms with E-state index in [2.05, 4.69) is 27.3 Å². The first-order valence-corrected chi connectivity index (χ1v) is 14.6. The van der Waals surface area contributed by atoms with Crippen LogP contribution in [0, 0.1) is 11.3 Å². The fraction of sp³-hybridized carbons (Fsp3) is 0.353. The molecule has 10 heteroatoms. The monoisotopic (exact) mass is 639 g/mol. The van der Waals surface area contributed by atoms with Crippen molar-refractivity contribution in [3.05, 3.63) is 107 Å². The predicted molar refractivity (Wildman–Crippen MR) is 159 cm³/mol. The Bertz CT molecular complexity index is 1570. The maximum Gasteiger partial charge on any atom is 2.00 e. The van der Waals surface area contributed by atoms with Crippen LogP contribution in [0.25, 0.3) is 5.32 Å². The van der Waals surface area contributed by atoms with Crippen LogP contribution in [0.3, 0.4) is 0 Å². The van der Waals surface area contributed by atoms with Gasteiger partial charge in [0.25, 0.3) is 0 Å². The second kappa shape index (κ2) is 12.6. The number of carbonyl (C=O) groups excluding carboxylic acids is 2. The first-order chi connectivity index (χ1) is 20.8. The number of amides is 1. The number of carboxylic acid groups (broad SMARTS) is 1. The number of rotatable bonds is 12. The molecule has 3 aromatic rings. The van der Waals surface area contributed by atoms with E-state index in [-0.39, 0.29) is 46.2 Å². The molecule has 44 heavy (non-hydrogen) atoms. The first kappa shape index (κ1) is 31.5. The average molecular weight is 640 g/mol. The van der Waals surface area contributed by atoms with Gasteiger partial charge in [-0.1, -0.05) is 84.9 Å². The van der Waals surface area contributed by atoms with Gasteiger partial charge < -0.3 is 20.0 Å². The van der Waals surface area contributed by atoms with E-state index in [1.807, 2.05) is 24.3 Å². The number of fused-ring (bicyclic) bond motifs is 3. The summed E-state index contributed by atoms with van der Waals surface area (Å²) < 4.78 is 19.4. The van der Waals surface area contributed by atoms with Crippen LogP contribution in [0.15, 0.2) is 89.9 Å². The smallest absolute Gasteiger partial charge is 0.626 e. The summed E-state index contributed by atoms with van der Waals surface area (Å²) in [6.45, 7) is 3.20. The molecule has 1 heterocycles. The number of halogens is 1. The average Bonchev–Trinajstić information content (AvgIpc) is 3.79. The number of carboxylic acids is 1. The van der Waals surface area contributed by atoms with Gasteiger partial charge in [-0.05, 0) is 36.8 Å². The summed E-state index contributed by atoms with van der Waals surface area (Å²) >= 11 is 0. The zero-order valence-electron chi connectivity index (χ0n) is 24.2. The number of carbonyl (C=O) groups is 3. The minimum absolute atomic E-state index is 0. The molecule has 1 saturated heterocycles. The van der Waals surface area contributed by atoms with Crippen molar-refractivity contribution in [3.8, 4) is 0 Å². The Balaban J connectivity index is 0.00000384. The largest absolute Gasteiger partial charge is 2.00 e. The molecule has 1 amide bonds. The molecule has 0 aromatic heterocycles. The van der Waals surface area contributed by atoms with Crippen molar-refractivity contribution in [3.63, 3.8) is 0 Å². The van der Waals surface area contributed by atoms with E-state index in [9.17, 15) is 23.9 Å². The van der Waals surface area contributed by atoms with Gasteiger partial charge in [-0.3, -0.25) is 9.89 Å². The van der Waals surface area contributed by atoms with Crippen LogP contribution in [0.4, 0.5) is 10.1 Å². The molecule has 1 N–H and O–H groups in total. The zero-order valence-corrected chi connectivity index (χ0v) is 25.2. The molecule has 0 radical (unpaired) electrons. The molecule has 0 bridgehead atoms. The standard InChI is InChI=1S/C34H34FN3O5.Ni/c1-2-43-31(41)25(35)19-27(30(39)40)36-29(23-13-7-4-8-14-23)24-15-9-10-16-26(24)37-32(42)33-18-17-28(33)34(33)21-38(34)20-22-11-5-3-6-12-22;/h3-16,25,27-28H,2,17-21H2,1H3,(H2,36,37,39,40,42);/q;+2/p-1/t25?,27-,28?,33?,34?,38?;/m0./s1/i35-1;. The van der Waals surface area contributed by atoms with Crippen molar-refractivity contribution in [2.75, 3.05) is 13.2 Å². The van der Waals surface area contributed by atoms with Gasteiger partial charge in [0, 0.05) is 36.0 Å². The van der Waals surface area contributed by atoms with Crippen LogP contribution in [-0.4, -0.2) is 64.5 Å². The Labute approximate surface area is 265 Å². The molecule has 1 aliphatic heterocycles. The number of ether oxygens (including phenoxy) is 1. The van der Waals surface area contributed by atoms with Gasteiger partial charge in [0.1, 0.15) is 0 Å². The summed E-state index contributed by atoms with van der Waals surface area (Å²) in [6.07, 6.45) is -1.05. The van der Waals surface area contributed by atoms with Crippen molar-refractivity contribution >= 4 is 29.2 Å². The van der Waals surface area contributed by atoms with Crippen LogP contribution in [-0.2, 0) is 42.2 Å². The zero-order chi connectivity index (χ0) is 30.2. The van der Waals surface area contributed by atoms with Gasteiger partial charge in [-0.25, -0.2) is 14.0 Å². The molecule has 6 atom stereocenters. The summed E-state index contributed by atoms with van der Waals surface area (Å²) in [4.78, 5) is 44.9. The first-order valence-electron chi connectivity index (χ1n) is 14.6. The second-order valence-corrected chi connectivity index (χ2v) is 11.4. The molecule has 2 saturated carbocycles. The van der Waals surface area contributed by atoms with Crippen LogP contribution >= 0.6 is 0 Å². The SMILES string of the molecule is CCOC(=O)C([18F])C[C@H](N=C(c1ccccc1)c1ccccc1[N-]C(=O)C12CCC1C21CN1Cc1ccccc1)C(=O)O.[Ni+2]. The van der Waals surface area contributed by atoms with Crippen molar-refractivity contribution in [1.82, 2.24) is 4.90 Å². The summed E-state index contributed by atoms with van der Waals surface area (Å²) in [5.74, 6) is -2.38. The Morgan fingerprint density at radius 3 is 2.34 bits per heavy atom. The molecular formula is C34H33FN3NiO5+. The number of aliphatic imine (C=N–C) groups is 1. The molecule has 2 aliphatic carbocycles. The van der Waals surface area contributed by atoms with Crippen LogP contribution in [0.5, 0.6) is 0 Å². The Morgan fingerprint density at radius 2 is 1.70 bits per heavy atom. The number of aliphatic carboxylic acids is 1. The molecule has 1 spiro atoms. The van der Waals surface area contributed by atoms with E-state index in [1.54, 1.807) is 55.5 Å². The quantitative estimate of drug-likeness (QED) is 0.122. The Hall–Kier alpha value is -3.88. The van der Waals surface area contributed by atoms with Crippen LogP contribution < -0.4 is 0 Å². The third kappa shape index (κ3) is 5.46. The molecular weight excluding hydrogens is 607 g/mol. The van der Waals surface area contributed by atoms with Gasteiger partial charge >= 0.3 is 28.4 Å². The van der Waals surface area contributed by atoms with E-state index in [0.29, 0.717) is 16.8 Å². The number of benzene rings is 3. The van der Waals surface area contributed by atoms with Crippen molar-refractivity contribution in [2.24, 2.45) is 16.3 Å². The fourth-order valence-electron chi connectivity index (χ4n) is 6.92. The van der Waals surface area contributed by atoms with Crippen LogP contribution in [0.2, 0.25) is 0 Å².